The van der Waals surface area contributed by atoms with Crippen molar-refractivity contribution < 1.29 is 4.79 Å². The molecule has 0 unspecified atom stereocenters. The number of hydrogen-bond donors (Lipinski definition) is 1. The third-order valence-corrected chi connectivity index (χ3v) is 5.31. The molecule has 0 aliphatic rings. The van der Waals surface area contributed by atoms with Crippen LogP contribution in [0.2, 0.25) is 0 Å². The molecule has 0 saturated heterocycles. The lowest BCUT2D eigenvalue weighted by Crippen LogP contribution is -2.22. The molecule has 5 nitrogen and oxygen atoms in total. The summed E-state index contributed by atoms with van der Waals surface area (Å²) in [6.45, 7) is 4.61. The standard InChI is InChI=1S/C20H18N4OS/c1-13-3-4-14(2)24(13)20-23-17-6-5-16(11-18(17)26-20)19(25)22-12-15-7-9-21-10-8-15/h3-11H,12H2,1-2H3,(H,22,25). The summed E-state index contributed by atoms with van der Waals surface area (Å²) in [5.74, 6) is -0.0908. The maximum atomic E-state index is 12.5. The van der Waals surface area contributed by atoms with Gasteiger partial charge in [0, 0.05) is 35.9 Å². The number of fused-ring (bicyclic) bond motifs is 1. The van der Waals surface area contributed by atoms with Gasteiger partial charge in [0.05, 0.1) is 10.2 Å². The van der Waals surface area contributed by atoms with Gasteiger partial charge in [-0.2, -0.15) is 0 Å². The van der Waals surface area contributed by atoms with Crippen molar-refractivity contribution in [3.05, 3.63) is 77.4 Å². The third-order valence-electron chi connectivity index (χ3n) is 4.30. The van der Waals surface area contributed by atoms with Crippen molar-refractivity contribution in [1.82, 2.24) is 19.9 Å². The Bertz CT molecular complexity index is 1060. The van der Waals surface area contributed by atoms with E-state index in [2.05, 4.69) is 40.8 Å². The van der Waals surface area contributed by atoms with Crippen molar-refractivity contribution in [2.45, 2.75) is 20.4 Å². The van der Waals surface area contributed by atoms with Crippen LogP contribution in [0.5, 0.6) is 0 Å². The fraction of sp³-hybridized carbons (Fsp3) is 0.150. The number of nitrogens with one attached hydrogen (secondary N) is 1. The number of pyridine rings is 1. The highest BCUT2D eigenvalue weighted by Gasteiger charge is 2.12. The molecule has 26 heavy (non-hydrogen) atoms. The Morgan fingerprint density at radius 1 is 1.08 bits per heavy atom. The summed E-state index contributed by atoms with van der Waals surface area (Å²) >= 11 is 1.59. The molecule has 0 spiro atoms. The number of benzene rings is 1. The van der Waals surface area contributed by atoms with Crippen LogP contribution < -0.4 is 5.32 Å². The van der Waals surface area contributed by atoms with Crippen molar-refractivity contribution in [3.63, 3.8) is 0 Å². The van der Waals surface area contributed by atoms with E-state index in [0.29, 0.717) is 12.1 Å². The topological polar surface area (TPSA) is 59.8 Å². The first-order valence-electron chi connectivity index (χ1n) is 8.35. The van der Waals surface area contributed by atoms with E-state index in [4.69, 9.17) is 4.98 Å². The van der Waals surface area contributed by atoms with Crippen LogP contribution in [-0.2, 0) is 6.54 Å². The number of rotatable bonds is 4. The zero-order valence-electron chi connectivity index (χ0n) is 14.6. The van der Waals surface area contributed by atoms with E-state index in [-0.39, 0.29) is 5.91 Å². The van der Waals surface area contributed by atoms with Gasteiger partial charge in [-0.25, -0.2) is 4.98 Å². The average Bonchev–Trinajstić information content (AvgIpc) is 3.22. The maximum absolute atomic E-state index is 12.5. The number of aromatic nitrogens is 3. The van der Waals surface area contributed by atoms with Crippen LogP contribution in [0.25, 0.3) is 15.3 Å². The van der Waals surface area contributed by atoms with Gasteiger partial charge in [0.1, 0.15) is 0 Å². The summed E-state index contributed by atoms with van der Waals surface area (Å²) in [5, 5.41) is 3.87. The summed E-state index contributed by atoms with van der Waals surface area (Å²) in [5.41, 5.74) is 4.87. The van der Waals surface area contributed by atoms with Crippen LogP contribution >= 0.6 is 11.3 Å². The molecule has 0 atom stereocenters. The van der Waals surface area contributed by atoms with E-state index in [9.17, 15) is 4.79 Å². The Kier molecular flexibility index (Phi) is 4.26. The highest BCUT2D eigenvalue weighted by atomic mass is 32.1. The Labute approximate surface area is 155 Å². The summed E-state index contributed by atoms with van der Waals surface area (Å²) in [6.07, 6.45) is 3.44. The molecule has 4 rings (SSSR count). The highest BCUT2D eigenvalue weighted by Crippen LogP contribution is 2.28. The molecule has 6 heteroatoms. The molecule has 1 amide bonds. The number of amides is 1. The molecule has 3 heterocycles. The van der Waals surface area contributed by atoms with Crippen molar-refractivity contribution in [2.75, 3.05) is 0 Å². The third kappa shape index (κ3) is 3.11. The van der Waals surface area contributed by atoms with Gasteiger partial charge in [-0.15, -0.1) is 0 Å². The van der Waals surface area contributed by atoms with Gasteiger partial charge in [-0.05, 0) is 61.9 Å². The molecule has 0 bridgehead atoms. The van der Waals surface area contributed by atoms with Crippen LogP contribution in [0.15, 0.2) is 54.9 Å². The van der Waals surface area contributed by atoms with Crippen molar-refractivity contribution >= 4 is 27.5 Å². The van der Waals surface area contributed by atoms with Crippen molar-refractivity contribution in [3.8, 4) is 5.13 Å². The Morgan fingerprint density at radius 2 is 1.81 bits per heavy atom. The van der Waals surface area contributed by atoms with Crippen molar-refractivity contribution in [1.29, 1.82) is 0 Å². The second-order valence-electron chi connectivity index (χ2n) is 6.17. The van der Waals surface area contributed by atoms with E-state index >= 15 is 0 Å². The number of thiazole rings is 1. The lowest BCUT2D eigenvalue weighted by atomic mass is 10.2. The first kappa shape index (κ1) is 16.5. The summed E-state index contributed by atoms with van der Waals surface area (Å²) in [7, 11) is 0. The fourth-order valence-corrected chi connectivity index (χ4v) is 4.03. The van der Waals surface area contributed by atoms with Crippen LogP contribution in [0.3, 0.4) is 0 Å². The van der Waals surface area contributed by atoms with E-state index in [0.717, 1.165) is 32.3 Å². The zero-order chi connectivity index (χ0) is 18.1. The number of aryl methyl sites for hydroxylation is 2. The van der Waals surface area contributed by atoms with Gasteiger partial charge in [-0.3, -0.25) is 14.3 Å². The Morgan fingerprint density at radius 3 is 2.54 bits per heavy atom. The van der Waals surface area contributed by atoms with Gasteiger partial charge in [0.15, 0.2) is 5.13 Å². The minimum absolute atomic E-state index is 0.0908. The minimum Gasteiger partial charge on any atom is -0.348 e. The first-order chi connectivity index (χ1) is 12.6. The molecular formula is C20H18N4OS. The molecule has 0 aliphatic carbocycles. The summed E-state index contributed by atoms with van der Waals surface area (Å²) < 4.78 is 3.14. The van der Waals surface area contributed by atoms with Crippen LogP contribution in [0, 0.1) is 13.8 Å². The number of hydrogen-bond acceptors (Lipinski definition) is 4. The second-order valence-corrected chi connectivity index (χ2v) is 7.18. The summed E-state index contributed by atoms with van der Waals surface area (Å²) in [6, 6.07) is 13.6. The normalized spacial score (nSPS) is 11.0. The van der Waals surface area contributed by atoms with Crippen LogP contribution in [0.4, 0.5) is 0 Å². The smallest absolute Gasteiger partial charge is 0.251 e. The van der Waals surface area contributed by atoms with Gasteiger partial charge >= 0.3 is 0 Å². The molecule has 1 N–H and O–H groups in total. The first-order valence-corrected chi connectivity index (χ1v) is 9.16. The molecule has 0 fully saturated rings. The fourth-order valence-electron chi connectivity index (χ4n) is 2.90. The van der Waals surface area contributed by atoms with E-state index in [1.807, 2.05) is 30.3 Å². The van der Waals surface area contributed by atoms with Crippen molar-refractivity contribution in [2.24, 2.45) is 0 Å². The predicted molar refractivity (Wildman–Crippen MR) is 104 cm³/mol. The Balaban J connectivity index is 1.58. The van der Waals surface area contributed by atoms with Gasteiger partial charge in [0.2, 0.25) is 0 Å². The predicted octanol–water partition coefficient (Wildman–Crippen LogP) is 4.03. The van der Waals surface area contributed by atoms with E-state index in [1.165, 1.54) is 0 Å². The molecule has 0 radical (unpaired) electrons. The lowest BCUT2D eigenvalue weighted by Gasteiger charge is -2.05. The molecule has 1 aromatic carbocycles. The molecule has 3 aromatic heterocycles. The quantitative estimate of drug-likeness (QED) is 0.596. The van der Waals surface area contributed by atoms with E-state index in [1.54, 1.807) is 23.7 Å². The van der Waals surface area contributed by atoms with Gasteiger partial charge < -0.3 is 5.32 Å². The molecular weight excluding hydrogens is 344 g/mol. The summed E-state index contributed by atoms with van der Waals surface area (Å²) in [4.78, 5) is 21.2. The molecule has 0 saturated carbocycles. The molecule has 0 aliphatic heterocycles. The number of carbonyl (C=O) groups excluding carboxylic acids is 1. The molecule has 130 valence electrons. The largest absolute Gasteiger partial charge is 0.348 e. The number of carbonyl (C=O) groups is 1. The second kappa shape index (κ2) is 6.72. The molecule has 4 aromatic rings. The monoisotopic (exact) mass is 362 g/mol. The Hall–Kier alpha value is -2.99. The average molecular weight is 362 g/mol. The highest BCUT2D eigenvalue weighted by molar-refractivity contribution is 7.20. The minimum atomic E-state index is -0.0908. The van der Waals surface area contributed by atoms with E-state index < -0.39 is 0 Å². The zero-order valence-corrected chi connectivity index (χ0v) is 15.4. The van der Waals surface area contributed by atoms with Gasteiger partial charge in [-0.1, -0.05) is 11.3 Å². The number of nitrogens with zero attached hydrogens (tertiary/aromatic N) is 3. The maximum Gasteiger partial charge on any atom is 0.251 e. The van der Waals surface area contributed by atoms with Crippen LogP contribution in [-0.4, -0.2) is 20.4 Å². The van der Waals surface area contributed by atoms with Gasteiger partial charge in [0.25, 0.3) is 5.91 Å². The lowest BCUT2D eigenvalue weighted by molar-refractivity contribution is 0.0951. The SMILES string of the molecule is Cc1ccc(C)n1-c1nc2ccc(C(=O)NCc3ccncc3)cc2s1. The van der Waals surface area contributed by atoms with Crippen LogP contribution in [0.1, 0.15) is 27.3 Å².